The lowest BCUT2D eigenvalue weighted by Crippen LogP contribution is -2.42. The summed E-state index contributed by atoms with van der Waals surface area (Å²) in [6, 6.07) is 1.53. The molecule has 1 rings (SSSR count). The van der Waals surface area contributed by atoms with Crippen molar-refractivity contribution in [3.05, 3.63) is 0 Å². The van der Waals surface area contributed by atoms with Gasteiger partial charge in [-0.15, -0.1) is 0 Å². The van der Waals surface area contributed by atoms with Gasteiger partial charge in [-0.1, -0.05) is 20.3 Å². The van der Waals surface area contributed by atoms with E-state index in [1.807, 2.05) is 11.8 Å². The first-order chi connectivity index (χ1) is 8.72. The third-order valence-corrected chi connectivity index (χ3v) is 5.01. The zero-order valence-electron chi connectivity index (χ0n) is 12.7. The third kappa shape index (κ3) is 5.10. The van der Waals surface area contributed by atoms with Gasteiger partial charge in [0.2, 0.25) is 0 Å². The van der Waals surface area contributed by atoms with Crippen LogP contribution in [0.25, 0.3) is 0 Å². The molecule has 1 aliphatic rings. The minimum atomic E-state index is 0.757. The minimum absolute atomic E-state index is 0.757. The summed E-state index contributed by atoms with van der Waals surface area (Å²) < 4.78 is 0. The molecule has 0 aliphatic heterocycles. The Labute approximate surface area is 118 Å². The Kier molecular flexibility index (Phi) is 8.36. The lowest BCUT2D eigenvalue weighted by molar-refractivity contribution is 0.201. The van der Waals surface area contributed by atoms with Crippen LogP contribution in [0.5, 0.6) is 0 Å². The molecule has 0 amide bonds. The fraction of sp³-hybridized carbons (Fsp3) is 1.00. The molecular weight excluding hydrogens is 240 g/mol. The molecule has 0 spiro atoms. The van der Waals surface area contributed by atoms with Crippen LogP contribution in [0.2, 0.25) is 0 Å². The van der Waals surface area contributed by atoms with Gasteiger partial charge in [0.25, 0.3) is 0 Å². The number of nitrogens with one attached hydrogen (secondary N) is 1. The molecule has 3 heteroatoms. The molecule has 2 nitrogen and oxygen atoms in total. The minimum Gasteiger partial charge on any atom is -0.314 e. The first-order valence-electron chi connectivity index (χ1n) is 7.65. The molecule has 0 aromatic heterocycles. The standard InChI is InChI=1S/C15H32N2S/c1-5-10-16-15-9-7-8-13(15)11-17(3)14(6-2)12-18-4/h13-16H,5-12H2,1-4H3. The summed E-state index contributed by atoms with van der Waals surface area (Å²) in [5.41, 5.74) is 0. The lowest BCUT2D eigenvalue weighted by atomic mass is 10.0. The number of hydrogen-bond acceptors (Lipinski definition) is 3. The lowest BCUT2D eigenvalue weighted by Gasteiger charge is -2.31. The van der Waals surface area contributed by atoms with E-state index in [2.05, 4.69) is 37.4 Å². The maximum atomic E-state index is 3.74. The molecule has 0 radical (unpaired) electrons. The quantitative estimate of drug-likeness (QED) is 0.694. The predicted octanol–water partition coefficient (Wildman–Crippen LogP) is 3.23. The second-order valence-electron chi connectivity index (χ2n) is 5.71. The summed E-state index contributed by atoms with van der Waals surface area (Å²) in [6.45, 7) is 7.04. The highest BCUT2D eigenvalue weighted by atomic mass is 32.2. The average Bonchev–Trinajstić information content (AvgIpc) is 2.80. The Balaban J connectivity index is 2.38. The van der Waals surface area contributed by atoms with Gasteiger partial charge in [-0.2, -0.15) is 11.8 Å². The Hall–Kier alpha value is 0.270. The summed E-state index contributed by atoms with van der Waals surface area (Å²) in [5, 5.41) is 3.74. The normalized spacial score (nSPS) is 25.8. The van der Waals surface area contributed by atoms with Gasteiger partial charge in [0, 0.05) is 24.4 Å². The molecule has 0 aromatic rings. The topological polar surface area (TPSA) is 15.3 Å². The van der Waals surface area contributed by atoms with Gasteiger partial charge in [-0.25, -0.2) is 0 Å². The zero-order valence-corrected chi connectivity index (χ0v) is 13.6. The molecule has 0 heterocycles. The van der Waals surface area contributed by atoms with E-state index in [0.29, 0.717) is 0 Å². The summed E-state index contributed by atoms with van der Waals surface area (Å²) in [5.74, 6) is 2.14. The molecule has 1 saturated carbocycles. The maximum absolute atomic E-state index is 3.74. The molecular formula is C15H32N2S. The second-order valence-corrected chi connectivity index (χ2v) is 6.62. The fourth-order valence-electron chi connectivity index (χ4n) is 3.12. The zero-order chi connectivity index (χ0) is 13.4. The van der Waals surface area contributed by atoms with E-state index in [0.717, 1.165) is 18.0 Å². The first-order valence-corrected chi connectivity index (χ1v) is 9.04. The molecule has 1 aliphatic carbocycles. The summed E-state index contributed by atoms with van der Waals surface area (Å²) >= 11 is 1.98. The Bertz CT molecular complexity index is 211. The Morgan fingerprint density at radius 2 is 2.11 bits per heavy atom. The van der Waals surface area contributed by atoms with Gasteiger partial charge in [0.1, 0.15) is 0 Å². The number of rotatable bonds is 9. The molecule has 0 bridgehead atoms. The van der Waals surface area contributed by atoms with Crippen LogP contribution in [0.1, 0.15) is 46.0 Å². The monoisotopic (exact) mass is 272 g/mol. The van der Waals surface area contributed by atoms with Crippen molar-refractivity contribution in [3.8, 4) is 0 Å². The smallest absolute Gasteiger partial charge is 0.0180 e. The maximum Gasteiger partial charge on any atom is 0.0180 e. The highest BCUT2D eigenvalue weighted by Crippen LogP contribution is 2.27. The molecule has 18 heavy (non-hydrogen) atoms. The molecule has 108 valence electrons. The number of hydrogen-bond donors (Lipinski definition) is 1. The summed E-state index contributed by atoms with van der Waals surface area (Å²) in [6.07, 6.45) is 8.97. The van der Waals surface area contributed by atoms with E-state index in [1.165, 1.54) is 50.9 Å². The molecule has 1 N–H and O–H groups in total. The predicted molar refractivity (Wildman–Crippen MR) is 84.5 cm³/mol. The molecule has 1 fully saturated rings. The Morgan fingerprint density at radius 3 is 2.72 bits per heavy atom. The van der Waals surface area contributed by atoms with Crippen molar-refractivity contribution in [1.29, 1.82) is 0 Å². The second kappa shape index (κ2) is 9.22. The largest absolute Gasteiger partial charge is 0.314 e. The van der Waals surface area contributed by atoms with Crippen LogP contribution in [0.4, 0.5) is 0 Å². The molecule has 3 unspecified atom stereocenters. The van der Waals surface area contributed by atoms with Crippen molar-refractivity contribution in [3.63, 3.8) is 0 Å². The number of thioether (sulfide) groups is 1. The van der Waals surface area contributed by atoms with Crippen LogP contribution >= 0.6 is 11.8 Å². The Morgan fingerprint density at radius 1 is 1.33 bits per heavy atom. The molecule has 0 saturated heterocycles. The average molecular weight is 273 g/mol. The summed E-state index contributed by atoms with van der Waals surface area (Å²) in [4.78, 5) is 2.60. The van der Waals surface area contributed by atoms with E-state index >= 15 is 0 Å². The van der Waals surface area contributed by atoms with Crippen LogP contribution in [-0.2, 0) is 0 Å². The van der Waals surface area contributed by atoms with Gasteiger partial charge in [0.15, 0.2) is 0 Å². The van der Waals surface area contributed by atoms with Crippen molar-refractivity contribution in [2.45, 2.75) is 58.0 Å². The van der Waals surface area contributed by atoms with Crippen molar-refractivity contribution in [2.24, 2.45) is 5.92 Å². The van der Waals surface area contributed by atoms with Crippen molar-refractivity contribution in [1.82, 2.24) is 10.2 Å². The van der Waals surface area contributed by atoms with E-state index < -0.39 is 0 Å². The van der Waals surface area contributed by atoms with Crippen LogP contribution in [0, 0.1) is 5.92 Å². The van der Waals surface area contributed by atoms with Crippen molar-refractivity contribution < 1.29 is 0 Å². The van der Waals surface area contributed by atoms with Crippen molar-refractivity contribution >= 4 is 11.8 Å². The fourth-order valence-corrected chi connectivity index (χ4v) is 4.00. The van der Waals surface area contributed by atoms with Crippen LogP contribution in [0.3, 0.4) is 0 Å². The highest BCUT2D eigenvalue weighted by Gasteiger charge is 2.28. The van der Waals surface area contributed by atoms with E-state index in [9.17, 15) is 0 Å². The molecule has 0 aromatic carbocycles. The van der Waals surface area contributed by atoms with Gasteiger partial charge >= 0.3 is 0 Å². The van der Waals surface area contributed by atoms with Gasteiger partial charge < -0.3 is 10.2 Å². The SMILES string of the molecule is CCCNC1CCCC1CN(C)C(CC)CSC. The van der Waals surface area contributed by atoms with Gasteiger partial charge in [-0.05, 0) is 51.4 Å². The summed E-state index contributed by atoms with van der Waals surface area (Å²) in [7, 11) is 2.32. The first kappa shape index (κ1) is 16.3. The van der Waals surface area contributed by atoms with Crippen LogP contribution < -0.4 is 5.32 Å². The van der Waals surface area contributed by atoms with E-state index in [-0.39, 0.29) is 0 Å². The van der Waals surface area contributed by atoms with Crippen LogP contribution in [-0.4, -0.2) is 49.1 Å². The third-order valence-electron chi connectivity index (χ3n) is 4.29. The highest BCUT2D eigenvalue weighted by molar-refractivity contribution is 7.98. The number of nitrogens with zero attached hydrogens (tertiary/aromatic N) is 1. The van der Waals surface area contributed by atoms with Crippen molar-refractivity contribution in [2.75, 3.05) is 32.1 Å². The van der Waals surface area contributed by atoms with Gasteiger partial charge in [0.05, 0.1) is 0 Å². The van der Waals surface area contributed by atoms with Gasteiger partial charge in [-0.3, -0.25) is 0 Å². The van der Waals surface area contributed by atoms with E-state index in [1.54, 1.807) is 0 Å². The van der Waals surface area contributed by atoms with Crippen LogP contribution in [0.15, 0.2) is 0 Å². The molecule has 3 atom stereocenters. The van der Waals surface area contributed by atoms with E-state index in [4.69, 9.17) is 0 Å².